The normalized spacial score (nSPS) is 11.3. The predicted molar refractivity (Wildman–Crippen MR) is 107 cm³/mol. The molecule has 132 valence electrons. The van der Waals surface area contributed by atoms with Gasteiger partial charge in [-0.15, -0.1) is 11.3 Å². The molecule has 26 heavy (non-hydrogen) atoms. The number of aliphatic hydroxyl groups excluding tert-OH is 1. The zero-order valence-electron chi connectivity index (χ0n) is 14.4. The highest BCUT2D eigenvalue weighted by atomic mass is 32.1. The number of methoxy groups -OCH3 is 1. The Balaban J connectivity index is 1.98. The number of aryl methyl sites for hydroxylation is 1. The maximum Gasteiger partial charge on any atom is 0.266 e. The number of ether oxygens (including phenoxy) is 1. The third-order valence-corrected chi connectivity index (χ3v) is 5.56. The lowest BCUT2D eigenvalue weighted by atomic mass is 9.96. The first kappa shape index (κ1) is 16.8. The van der Waals surface area contributed by atoms with Crippen LogP contribution >= 0.6 is 11.3 Å². The molecule has 4 nitrogen and oxygen atoms in total. The van der Waals surface area contributed by atoms with Crippen molar-refractivity contribution in [2.75, 3.05) is 13.7 Å². The van der Waals surface area contributed by atoms with Crippen molar-refractivity contribution >= 4 is 32.3 Å². The predicted octanol–water partition coefficient (Wildman–Crippen LogP) is 4.34. The Labute approximate surface area is 154 Å². The first-order chi connectivity index (χ1) is 12.7. The fraction of sp³-hybridized carbons (Fsp3) is 0.190. The molecule has 2 aromatic carbocycles. The van der Waals surface area contributed by atoms with Crippen LogP contribution in [0, 0.1) is 0 Å². The molecule has 0 radical (unpaired) electrons. The van der Waals surface area contributed by atoms with Gasteiger partial charge in [0, 0.05) is 28.5 Å². The molecular weight excluding hydrogens is 346 g/mol. The van der Waals surface area contributed by atoms with Crippen molar-refractivity contribution in [3.8, 4) is 16.9 Å². The molecule has 0 fully saturated rings. The van der Waals surface area contributed by atoms with Crippen molar-refractivity contribution in [2.24, 2.45) is 0 Å². The maximum atomic E-state index is 12.3. The highest BCUT2D eigenvalue weighted by Gasteiger charge is 2.16. The SMILES string of the molecule is COc1ccc2[nH]c(=O)c3sccc3c2c1-c1ccc(CCCO)cc1. The minimum atomic E-state index is -0.0574. The molecule has 2 N–H and O–H groups in total. The lowest BCUT2D eigenvalue weighted by molar-refractivity contribution is 0.288. The van der Waals surface area contributed by atoms with E-state index in [1.165, 1.54) is 16.9 Å². The summed E-state index contributed by atoms with van der Waals surface area (Å²) in [5.41, 5.74) is 3.97. The molecule has 2 heterocycles. The lowest BCUT2D eigenvalue weighted by Crippen LogP contribution is -2.05. The molecule has 2 aromatic heterocycles. The Hall–Kier alpha value is -2.63. The number of fused-ring (bicyclic) bond motifs is 3. The van der Waals surface area contributed by atoms with Gasteiger partial charge < -0.3 is 14.8 Å². The van der Waals surface area contributed by atoms with E-state index in [1.54, 1.807) is 7.11 Å². The Bertz CT molecular complexity index is 1130. The van der Waals surface area contributed by atoms with E-state index in [1.807, 2.05) is 23.6 Å². The van der Waals surface area contributed by atoms with Crippen molar-refractivity contribution in [2.45, 2.75) is 12.8 Å². The average Bonchev–Trinajstić information content (AvgIpc) is 3.17. The van der Waals surface area contributed by atoms with E-state index in [4.69, 9.17) is 9.84 Å². The Kier molecular flexibility index (Phi) is 4.49. The van der Waals surface area contributed by atoms with Gasteiger partial charge >= 0.3 is 0 Å². The van der Waals surface area contributed by atoms with Crippen molar-refractivity contribution in [3.63, 3.8) is 0 Å². The van der Waals surface area contributed by atoms with Gasteiger partial charge in [-0.05, 0) is 47.5 Å². The van der Waals surface area contributed by atoms with Gasteiger partial charge in [0.25, 0.3) is 5.56 Å². The second-order valence-corrected chi connectivity index (χ2v) is 7.12. The smallest absolute Gasteiger partial charge is 0.266 e. The number of aromatic amines is 1. The minimum Gasteiger partial charge on any atom is -0.496 e. The molecule has 0 bridgehead atoms. The number of aromatic nitrogens is 1. The summed E-state index contributed by atoms with van der Waals surface area (Å²) in [7, 11) is 1.66. The molecule has 5 heteroatoms. The summed E-state index contributed by atoms with van der Waals surface area (Å²) in [6.07, 6.45) is 1.61. The van der Waals surface area contributed by atoms with Gasteiger partial charge in [-0.25, -0.2) is 0 Å². The average molecular weight is 365 g/mol. The quantitative estimate of drug-likeness (QED) is 0.553. The molecule has 0 aliphatic carbocycles. The molecule has 0 spiro atoms. The zero-order chi connectivity index (χ0) is 18.1. The van der Waals surface area contributed by atoms with E-state index in [9.17, 15) is 4.79 Å². The van der Waals surface area contributed by atoms with Gasteiger partial charge in [0.1, 0.15) is 10.4 Å². The molecule has 4 rings (SSSR count). The minimum absolute atomic E-state index is 0.0574. The molecule has 0 aliphatic rings. The van der Waals surface area contributed by atoms with Crippen LogP contribution in [0.25, 0.3) is 32.1 Å². The highest BCUT2D eigenvalue weighted by Crippen LogP contribution is 2.40. The van der Waals surface area contributed by atoms with Gasteiger partial charge in [-0.2, -0.15) is 0 Å². The molecule has 0 atom stereocenters. The van der Waals surface area contributed by atoms with E-state index in [-0.39, 0.29) is 12.2 Å². The van der Waals surface area contributed by atoms with E-state index >= 15 is 0 Å². The molecule has 0 unspecified atom stereocenters. The number of rotatable bonds is 5. The topological polar surface area (TPSA) is 62.3 Å². The second kappa shape index (κ2) is 6.94. The van der Waals surface area contributed by atoms with Gasteiger partial charge in [0.05, 0.1) is 7.11 Å². The van der Waals surface area contributed by atoms with Gasteiger partial charge in [-0.3, -0.25) is 4.79 Å². The fourth-order valence-corrected chi connectivity index (χ4v) is 4.20. The molecule has 4 aromatic rings. The van der Waals surface area contributed by atoms with Crippen molar-refractivity contribution < 1.29 is 9.84 Å². The second-order valence-electron chi connectivity index (χ2n) is 6.21. The van der Waals surface area contributed by atoms with E-state index in [0.29, 0.717) is 0 Å². The first-order valence-electron chi connectivity index (χ1n) is 8.53. The van der Waals surface area contributed by atoms with Crippen LogP contribution in [0.3, 0.4) is 0 Å². The summed E-state index contributed by atoms with van der Waals surface area (Å²) < 4.78 is 6.37. The number of hydrogen-bond donors (Lipinski definition) is 2. The number of thiophene rings is 1. The van der Waals surface area contributed by atoms with Crippen LogP contribution in [0.2, 0.25) is 0 Å². The number of benzene rings is 2. The van der Waals surface area contributed by atoms with Crippen molar-refractivity contribution in [3.05, 3.63) is 63.8 Å². The van der Waals surface area contributed by atoms with Crippen LogP contribution in [0.1, 0.15) is 12.0 Å². The lowest BCUT2D eigenvalue weighted by Gasteiger charge is -2.14. The molecule has 0 aliphatic heterocycles. The van der Waals surface area contributed by atoms with Crippen LogP contribution in [-0.4, -0.2) is 23.8 Å². The summed E-state index contributed by atoms with van der Waals surface area (Å²) in [5, 5.41) is 12.9. The molecule has 0 saturated carbocycles. The zero-order valence-corrected chi connectivity index (χ0v) is 15.2. The molecular formula is C21H19NO3S. The highest BCUT2D eigenvalue weighted by molar-refractivity contribution is 7.17. The van der Waals surface area contributed by atoms with Gasteiger partial charge in [0.15, 0.2) is 0 Å². The van der Waals surface area contributed by atoms with Crippen LogP contribution < -0.4 is 10.3 Å². The Morgan fingerprint density at radius 1 is 1.12 bits per heavy atom. The Morgan fingerprint density at radius 3 is 2.65 bits per heavy atom. The van der Waals surface area contributed by atoms with Crippen LogP contribution in [0.15, 0.2) is 52.6 Å². The summed E-state index contributed by atoms with van der Waals surface area (Å²) in [6, 6.07) is 14.1. The summed E-state index contributed by atoms with van der Waals surface area (Å²) in [6.45, 7) is 0.197. The van der Waals surface area contributed by atoms with E-state index < -0.39 is 0 Å². The third kappa shape index (κ3) is 2.79. The van der Waals surface area contributed by atoms with Crippen LogP contribution in [-0.2, 0) is 6.42 Å². The van der Waals surface area contributed by atoms with E-state index in [2.05, 4.69) is 29.2 Å². The first-order valence-corrected chi connectivity index (χ1v) is 9.41. The molecule has 0 amide bonds. The number of pyridine rings is 1. The monoisotopic (exact) mass is 365 g/mol. The summed E-state index contributed by atoms with van der Waals surface area (Å²) in [4.78, 5) is 15.3. The van der Waals surface area contributed by atoms with Crippen LogP contribution in [0.4, 0.5) is 0 Å². The number of hydrogen-bond acceptors (Lipinski definition) is 4. The maximum absolute atomic E-state index is 12.3. The fourth-order valence-electron chi connectivity index (χ4n) is 3.41. The van der Waals surface area contributed by atoms with Gasteiger partial charge in [0.2, 0.25) is 0 Å². The number of nitrogens with one attached hydrogen (secondary N) is 1. The van der Waals surface area contributed by atoms with Crippen LogP contribution in [0.5, 0.6) is 5.75 Å². The summed E-state index contributed by atoms with van der Waals surface area (Å²) >= 11 is 1.45. The largest absolute Gasteiger partial charge is 0.496 e. The van der Waals surface area contributed by atoms with Crippen molar-refractivity contribution in [1.82, 2.24) is 4.98 Å². The van der Waals surface area contributed by atoms with E-state index in [0.717, 1.165) is 50.7 Å². The Morgan fingerprint density at radius 2 is 1.92 bits per heavy atom. The summed E-state index contributed by atoms with van der Waals surface area (Å²) in [5.74, 6) is 0.778. The number of aliphatic hydroxyl groups is 1. The standard InChI is InChI=1S/C21H19NO3S/c1-25-17-9-8-16-19(15-10-12-26-20(15)21(24)22-16)18(17)14-6-4-13(5-7-14)3-2-11-23/h4-10,12,23H,2-3,11H2,1H3,(H,22,24). The van der Waals surface area contributed by atoms with Gasteiger partial charge in [-0.1, -0.05) is 24.3 Å². The van der Waals surface area contributed by atoms with Crippen molar-refractivity contribution in [1.29, 1.82) is 0 Å². The molecule has 0 saturated heterocycles. The third-order valence-electron chi connectivity index (χ3n) is 4.64. The number of H-pyrrole nitrogens is 1.